The van der Waals surface area contributed by atoms with Crippen molar-refractivity contribution in [3.8, 4) is 17.2 Å². The van der Waals surface area contributed by atoms with Crippen LogP contribution in [0.5, 0.6) is 17.2 Å². The molecule has 1 unspecified atom stereocenters. The molecule has 5 nitrogen and oxygen atoms in total. The molecule has 88 valence electrons. The van der Waals surface area contributed by atoms with Gasteiger partial charge >= 0.3 is 0 Å². The number of aliphatic hydroxyl groups excluding tert-OH is 1. The van der Waals surface area contributed by atoms with Crippen molar-refractivity contribution in [2.75, 3.05) is 20.4 Å². The zero-order valence-corrected chi connectivity index (χ0v) is 9.10. The minimum Gasteiger partial charge on any atom is -0.496 e. The lowest BCUT2D eigenvalue weighted by molar-refractivity contribution is 0.173. The average molecular weight is 225 g/mol. The van der Waals surface area contributed by atoms with Crippen LogP contribution in [-0.2, 0) is 6.42 Å². The average Bonchev–Trinajstić information content (AvgIpc) is 2.74. The molecule has 0 radical (unpaired) electrons. The van der Waals surface area contributed by atoms with E-state index < -0.39 is 6.10 Å². The third kappa shape index (κ3) is 2.05. The molecule has 1 atom stereocenters. The van der Waals surface area contributed by atoms with E-state index in [1.165, 1.54) is 0 Å². The van der Waals surface area contributed by atoms with Crippen molar-refractivity contribution < 1.29 is 19.3 Å². The molecule has 0 saturated heterocycles. The van der Waals surface area contributed by atoms with Gasteiger partial charge in [0, 0.05) is 24.6 Å². The van der Waals surface area contributed by atoms with Crippen molar-refractivity contribution in [3.63, 3.8) is 0 Å². The number of methoxy groups -OCH3 is 1. The maximum Gasteiger partial charge on any atom is 0.231 e. The lowest BCUT2D eigenvalue weighted by Gasteiger charge is -2.12. The molecule has 1 aliphatic heterocycles. The van der Waals surface area contributed by atoms with Crippen LogP contribution in [0.4, 0.5) is 0 Å². The molecule has 1 aromatic carbocycles. The van der Waals surface area contributed by atoms with Gasteiger partial charge in [0.1, 0.15) is 5.75 Å². The van der Waals surface area contributed by atoms with Crippen LogP contribution in [0, 0.1) is 0 Å². The van der Waals surface area contributed by atoms with Gasteiger partial charge in [0.25, 0.3) is 0 Å². The third-order valence-electron chi connectivity index (χ3n) is 2.50. The molecule has 0 amide bonds. The summed E-state index contributed by atoms with van der Waals surface area (Å²) in [6.45, 7) is 0.443. The lowest BCUT2D eigenvalue weighted by Crippen LogP contribution is -2.22. The SMILES string of the molecule is COc1cc2c(cc1CC(O)CN)OCO2. The first-order chi connectivity index (χ1) is 7.74. The van der Waals surface area contributed by atoms with Crippen LogP contribution in [-0.4, -0.2) is 31.7 Å². The highest BCUT2D eigenvalue weighted by Crippen LogP contribution is 2.38. The summed E-state index contributed by atoms with van der Waals surface area (Å²) in [6.07, 6.45) is -0.134. The van der Waals surface area contributed by atoms with Gasteiger partial charge in [-0.2, -0.15) is 0 Å². The number of rotatable bonds is 4. The normalized spacial score (nSPS) is 14.9. The van der Waals surface area contributed by atoms with E-state index in [2.05, 4.69) is 0 Å². The maximum absolute atomic E-state index is 9.53. The van der Waals surface area contributed by atoms with Crippen LogP contribution in [0.1, 0.15) is 5.56 Å². The summed E-state index contributed by atoms with van der Waals surface area (Å²) < 4.78 is 15.7. The highest BCUT2D eigenvalue weighted by Gasteiger charge is 2.18. The third-order valence-corrected chi connectivity index (χ3v) is 2.50. The van der Waals surface area contributed by atoms with Crippen molar-refractivity contribution in [3.05, 3.63) is 17.7 Å². The first-order valence-corrected chi connectivity index (χ1v) is 5.09. The molecule has 16 heavy (non-hydrogen) atoms. The molecule has 5 heteroatoms. The molecule has 1 aliphatic rings. The Labute approximate surface area is 93.7 Å². The summed E-state index contributed by atoms with van der Waals surface area (Å²) in [5.41, 5.74) is 6.24. The smallest absolute Gasteiger partial charge is 0.231 e. The Balaban J connectivity index is 2.28. The number of hydrogen-bond acceptors (Lipinski definition) is 5. The van der Waals surface area contributed by atoms with E-state index >= 15 is 0 Å². The number of fused-ring (bicyclic) bond motifs is 1. The van der Waals surface area contributed by atoms with Crippen LogP contribution in [0.15, 0.2) is 12.1 Å². The second-order valence-corrected chi connectivity index (χ2v) is 3.61. The first kappa shape index (κ1) is 11.0. The standard InChI is InChI=1S/C11H15NO4/c1-14-9-4-11-10(15-6-16-11)3-7(9)2-8(13)5-12/h3-4,8,13H,2,5-6,12H2,1H3. The van der Waals surface area contributed by atoms with Gasteiger partial charge in [-0.15, -0.1) is 0 Å². The van der Waals surface area contributed by atoms with Gasteiger partial charge in [-0.1, -0.05) is 0 Å². The Morgan fingerprint density at radius 2 is 2.12 bits per heavy atom. The molecule has 0 bridgehead atoms. The van der Waals surface area contributed by atoms with E-state index in [1.807, 2.05) is 6.07 Å². The maximum atomic E-state index is 9.53. The predicted molar refractivity (Wildman–Crippen MR) is 57.9 cm³/mol. The summed E-state index contributed by atoms with van der Waals surface area (Å²) >= 11 is 0. The number of benzene rings is 1. The van der Waals surface area contributed by atoms with Crippen LogP contribution >= 0.6 is 0 Å². The van der Waals surface area contributed by atoms with Crippen molar-refractivity contribution in [2.24, 2.45) is 5.73 Å². The van der Waals surface area contributed by atoms with Crippen LogP contribution < -0.4 is 19.9 Å². The Morgan fingerprint density at radius 3 is 2.75 bits per heavy atom. The summed E-state index contributed by atoms with van der Waals surface area (Å²) in [5, 5.41) is 9.53. The molecule has 0 aliphatic carbocycles. The molecular formula is C11H15NO4. The zero-order chi connectivity index (χ0) is 11.5. The van der Waals surface area contributed by atoms with Gasteiger partial charge in [0.05, 0.1) is 13.2 Å². The highest BCUT2D eigenvalue weighted by molar-refractivity contribution is 5.52. The Bertz CT molecular complexity index is 380. The van der Waals surface area contributed by atoms with E-state index in [0.717, 1.165) is 5.56 Å². The fourth-order valence-electron chi connectivity index (χ4n) is 1.65. The second-order valence-electron chi connectivity index (χ2n) is 3.61. The number of hydrogen-bond donors (Lipinski definition) is 2. The van der Waals surface area contributed by atoms with Gasteiger partial charge < -0.3 is 25.1 Å². The Kier molecular flexibility index (Phi) is 3.17. The largest absolute Gasteiger partial charge is 0.496 e. The van der Waals surface area contributed by atoms with E-state index in [-0.39, 0.29) is 13.3 Å². The van der Waals surface area contributed by atoms with Crippen molar-refractivity contribution in [2.45, 2.75) is 12.5 Å². The van der Waals surface area contributed by atoms with Crippen LogP contribution in [0.3, 0.4) is 0 Å². The quantitative estimate of drug-likeness (QED) is 0.770. The summed E-state index contributed by atoms with van der Waals surface area (Å²) in [6, 6.07) is 3.58. The second kappa shape index (κ2) is 4.59. The summed E-state index contributed by atoms with van der Waals surface area (Å²) in [4.78, 5) is 0. The van der Waals surface area contributed by atoms with Crippen molar-refractivity contribution in [1.82, 2.24) is 0 Å². The molecular weight excluding hydrogens is 210 g/mol. The topological polar surface area (TPSA) is 73.9 Å². The van der Waals surface area contributed by atoms with E-state index in [4.69, 9.17) is 19.9 Å². The molecule has 3 N–H and O–H groups in total. The monoisotopic (exact) mass is 225 g/mol. The fraction of sp³-hybridized carbons (Fsp3) is 0.455. The van der Waals surface area contributed by atoms with Gasteiger partial charge in [-0.05, 0) is 6.07 Å². The van der Waals surface area contributed by atoms with Gasteiger partial charge in [0.15, 0.2) is 11.5 Å². The molecule has 1 heterocycles. The zero-order valence-electron chi connectivity index (χ0n) is 9.10. The van der Waals surface area contributed by atoms with E-state index in [9.17, 15) is 5.11 Å². The summed E-state index contributed by atoms with van der Waals surface area (Å²) in [7, 11) is 1.58. The predicted octanol–water partition coefficient (Wildman–Crippen LogP) is 0.286. The molecule has 0 aromatic heterocycles. The Morgan fingerprint density at radius 1 is 1.44 bits per heavy atom. The molecule has 0 spiro atoms. The van der Waals surface area contributed by atoms with Crippen LogP contribution in [0.25, 0.3) is 0 Å². The lowest BCUT2D eigenvalue weighted by atomic mass is 10.1. The van der Waals surface area contributed by atoms with Crippen LogP contribution in [0.2, 0.25) is 0 Å². The highest BCUT2D eigenvalue weighted by atomic mass is 16.7. The fourth-order valence-corrected chi connectivity index (χ4v) is 1.65. The first-order valence-electron chi connectivity index (χ1n) is 5.09. The van der Waals surface area contributed by atoms with Gasteiger partial charge in [0.2, 0.25) is 6.79 Å². The number of aliphatic hydroxyl groups is 1. The minimum atomic E-state index is -0.575. The molecule has 1 aromatic rings. The molecule has 0 fully saturated rings. The van der Waals surface area contributed by atoms with Crippen molar-refractivity contribution in [1.29, 1.82) is 0 Å². The number of nitrogens with two attached hydrogens (primary N) is 1. The van der Waals surface area contributed by atoms with E-state index in [0.29, 0.717) is 23.7 Å². The Hall–Kier alpha value is -1.46. The summed E-state index contributed by atoms with van der Waals surface area (Å²) in [5.74, 6) is 2.03. The van der Waals surface area contributed by atoms with Gasteiger partial charge in [-0.25, -0.2) is 0 Å². The van der Waals surface area contributed by atoms with E-state index in [1.54, 1.807) is 13.2 Å². The minimum absolute atomic E-state index is 0.220. The number of ether oxygens (including phenoxy) is 3. The molecule has 0 saturated carbocycles. The molecule has 2 rings (SSSR count). The van der Waals surface area contributed by atoms with Crippen molar-refractivity contribution >= 4 is 0 Å². The van der Waals surface area contributed by atoms with Gasteiger partial charge in [-0.3, -0.25) is 0 Å².